The van der Waals surface area contributed by atoms with Crippen molar-refractivity contribution in [3.8, 4) is 40.2 Å². The topological polar surface area (TPSA) is 111 Å². The van der Waals surface area contributed by atoms with Gasteiger partial charge in [-0.25, -0.2) is 4.98 Å². The Labute approximate surface area is 317 Å². The summed E-state index contributed by atoms with van der Waals surface area (Å²) in [5, 5.41) is 0. The number of piperazine rings is 1. The second-order valence-corrected chi connectivity index (χ2v) is 13.9. The Morgan fingerprint density at radius 2 is 1.49 bits per heavy atom. The Balaban J connectivity index is 0.786. The van der Waals surface area contributed by atoms with Crippen LogP contribution in [0.4, 0.5) is 18.9 Å². The van der Waals surface area contributed by atoms with E-state index in [0.29, 0.717) is 58.5 Å². The Kier molecular flexibility index (Phi) is 12.0. The molecule has 294 valence electrons. The monoisotopic (exact) mass is 765 g/mol. The lowest BCUT2D eigenvalue weighted by molar-refractivity contribution is -0.274. The largest absolute Gasteiger partial charge is 0.573 e. The molecule has 3 aliphatic rings. The van der Waals surface area contributed by atoms with Crippen LogP contribution in [0.5, 0.6) is 28.7 Å². The number of amides is 1. The Bertz CT molecular complexity index is 1980. The summed E-state index contributed by atoms with van der Waals surface area (Å²) in [6.07, 6.45) is 2.86. The van der Waals surface area contributed by atoms with E-state index in [4.69, 9.17) is 23.4 Å². The van der Waals surface area contributed by atoms with Crippen molar-refractivity contribution in [2.24, 2.45) is 4.99 Å². The SMILES string of the molecule is COc1cc(-c2nc3ccc(OC(F)(F)F)cc3o2)ccc1OCCCCN1CCN(CCCCOc2cc3c(cc2OC)C(=O)N2CCCC2C=N3)CC1. The molecular weight excluding hydrogens is 719 g/mol. The lowest BCUT2D eigenvalue weighted by Gasteiger charge is -2.34. The van der Waals surface area contributed by atoms with Crippen LogP contribution in [-0.4, -0.2) is 117 Å². The van der Waals surface area contributed by atoms with Crippen LogP contribution < -0.4 is 23.7 Å². The van der Waals surface area contributed by atoms with Crippen molar-refractivity contribution in [3.63, 3.8) is 0 Å². The number of carbonyl (C=O) groups is 1. The molecule has 15 heteroatoms. The van der Waals surface area contributed by atoms with Gasteiger partial charge in [0.1, 0.15) is 11.3 Å². The molecule has 2 saturated heterocycles. The number of hydrogen-bond donors (Lipinski definition) is 0. The third-order valence-electron chi connectivity index (χ3n) is 10.2. The summed E-state index contributed by atoms with van der Waals surface area (Å²) in [6.45, 7) is 8.01. The normalized spacial score (nSPS) is 17.6. The van der Waals surface area contributed by atoms with Crippen LogP contribution in [0.3, 0.4) is 0 Å². The Morgan fingerprint density at radius 3 is 2.18 bits per heavy atom. The lowest BCUT2D eigenvalue weighted by atomic mass is 10.1. The number of rotatable bonds is 16. The van der Waals surface area contributed by atoms with Crippen LogP contribution >= 0.6 is 0 Å². The number of hydrogen-bond acceptors (Lipinski definition) is 11. The minimum Gasteiger partial charge on any atom is -0.493 e. The number of carbonyl (C=O) groups excluding carboxylic acids is 1. The maximum absolute atomic E-state index is 13.1. The van der Waals surface area contributed by atoms with Gasteiger partial charge in [-0.1, -0.05) is 0 Å². The average Bonchev–Trinajstić information content (AvgIpc) is 3.81. The summed E-state index contributed by atoms with van der Waals surface area (Å²) in [5.74, 6) is 2.13. The maximum atomic E-state index is 13.1. The smallest absolute Gasteiger partial charge is 0.493 e. The summed E-state index contributed by atoms with van der Waals surface area (Å²) in [5.41, 5.74) is 2.38. The summed E-state index contributed by atoms with van der Waals surface area (Å²) in [6, 6.07) is 12.7. The molecule has 1 unspecified atom stereocenters. The highest BCUT2D eigenvalue weighted by molar-refractivity contribution is 6.03. The molecule has 0 saturated carbocycles. The van der Waals surface area contributed by atoms with E-state index in [-0.39, 0.29) is 29.2 Å². The zero-order valence-electron chi connectivity index (χ0n) is 31.1. The third-order valence-corrected chi connectivity index (χ3v) is 10.2. The van der Waals surface area contributed by atoms with Crippen molar-refractivity contribution in [1.82, 2.24) is 19.7 Å². The first kappa shape index (κ1) is 38.3. The Hall–Kier alpha value is -5.02. The first-order valence-corrected chi connectivity index (χ1v) is 18.8. The number of methoxy groups -OCH3 is 2. The number of aliphatic imine (C=N–C) groups is 1. The number of ether oxygens (including phenoxy) is 5. The van der Waals surface area contributed by atoms with E-state index in [0.717, 1.165) is 90.4 Å². The van der Waals surface area contributed by atoms with Crippen LogP contribution in [0.25, 0.3) is 22.6 Å². The average molecular weight is 766 g/mol. The van der Waals surface area contributed by atoms with Gasteiger partial charge in [0.2, 0.25) is 5.89 Å². The lowest BCUT2D eigenvalue weighted by Crippen LogP contribution is -2.46. The predicted octanol–water partition coefficient (Wildman–Crippen LogP) is 7.37. The molecule has 3 aromatic carbocycles. The van der Waals surface area contributed by atoms with E-state index in [1.165, 1.54) is 12.1 Å². The van der Waals surface area contributed by atoms with Crippen molar-refractivity contribution in [3.05, 3.63) is 54.1 Å². The van der Waals surface area contributed by atoms with Gasteiger partial charge in [-0.15, -0.1) is 13.2 Å². The molecule has 3 aliphatic heterocycles. The molecule has 0 aliphatic carbocycles. The molecule has 2 fully saturated rings. The fourth-order valence-corrected chi connectivity index (χ4v) is 7.24. The molecule has 4 heterocycles. The molecule has 0 spiro atoms. The molecule has 4 aromatic rings. The van der Waals surface area contributed by atoms with E-state index in [2.05, 4.69) is 24.5 Å². The van der Waals surface area contributed by atoms with Gasteiger partial charge in [0.15, 0.2) is 28.6 Å². The fourth-order valence-electron chi connectivity index (χ4n) is 7.24. The minimum atomic E-state index is -4.80. The number of oxazole rings is 1. The van der Waals surface area contributed by atoms with E-state index in [1.807, 2.05) is 17.2 Å². The van der Waals surface area contributed by atoms with Gasteiger partial charge in [-0.2, -0.15) is 0 Å². The second-order valence-electron chi connectivity index (χ2n) is 13.9. The van der Waals surface area contributed by atoms with E-state index < -0.39 is 6.36 Å². The van der Waals surface area contributed by atoms with Gasteiger partial charge in [0.25, 0.3) is 5.91 Å². The predicted molar refractivity (Wildman–Crippen MR) is 200 cm³/mol. The molecule has 1 aromatic heterocycles. The highest BCUT2D eigenvalue weighted by atomic mass is 19.4. The van der Waals surface area contributed by atoms with E-state index in [9.17, 15) is 18.0 Å². The zero-order chi connectivity index (χ0) is 38.4. The highest BCUT2D eigenvalue weighted by Gasteiger charge is 2.33. The molecule has 55 heavy (non-hydrogen) atoms. The number of benzene rings is 3. The van der Waals surface area contributed by atoms with E-state index >= 15 is 0 Å². The van der Waals surface area contributed by atoms with Crippen LogP contribution in [0.1, 0.15) is 48.9 Å². The highest BCUT2D eigenvalue weighted by Crippen LogP contribution is 2.39. The number of unbranched alkanes of at least 4 members (excludes halogenated alkanes) is 2. The molecule has 1 atom stereocenters. The summed E-state index contributed by atoms with van der Waals surface area (Å²) in [4.78, 5) is 29.0. The molecular formula is C40H46F3N5O7. The van der Waals surface area contributed by atoms with Gasteiger partial charge in [0, 0.05) is 56.6 Å². The number of fused-ring (bicyclic) bond motifs is 3. The third kappa shape index (κ3) is 9.45. The molecule has 0 radical (unpaired) electrons. The molecule has 0 bridgehead atoms. The molecule has 12 nitrogen and oxygen atoms in total. The van der Waals surface area contributed by atoms with Crippen LogP contribution in [-0.2, 0) is 0 Å². The standard InChI is InChI=1S/C40H46F3N5O7/c1-50-35-22-27(38-45-31-11-10-29(23-34(31)54-38)55-40(41,42)43)9-12-33(35)52-20-5-3-13-46-16-18-47(19-17-46)14-4-6-21-53-37-25-32-30(24-36(37)51-2)39(49)48-15-7-8-28(48)26-44-32/h9-12,22-26,28H,3-8,13-21H2,1-2H3. The number of nitrogens with zero attached hydrogens (tertiary/aromatic N) is 5. The first-order valence-electron chi connectivity index (χ1n) is 18.8. The van der Waals surface area contributed by atoms with Gasteiger partial charge < -0.3 is 42.8 Å². The quantitative estimate of drug-likeness (QED) is 0.107. The number of halogens is 3. The van der Waals surface area contributed by atoms with Crippen molar-refractivity contribution < 1.29 is 46.1 Å². The first-order chi connectivity index (χ1) is 26.7. The van der Waals surface area contributed by atoms with Crippen LogP contribution in [0, 0.1) is 0 Å². The van der Waals surface area contributed by atoms with Gasteiger partial charge in [0.05, 0.1) is 44.7 Å². The van der Waals surface area contributed by atoms with Gasteiger partial charge in [-0.05, 0) is 88.0 Å². The molecule has 7 rings (SSSR count). The van der Waals surface area contributed by atoms with Crippen LogP contribution in [0.15, 0.2) is 57.9 Å². The van der Waals surface area contributed by atoms with Gasteiger partial charge >= 0.3 is 6.36 Å². The van der Waals surface area contributed by atoms with E-state index in [1.54, 1.807) is 38.5 Å². The van der Waals surface area contributed by atoms with Crippen molar-refractivity contribution >= 4 is 28.9 Å². The molecule has 1 amide bonds. The number of aromatic nitrogens is 1. The zero-order valence-corrected chi connectivity index (χ0v) is 31.1. The number of alkyl halides is 3. The van der Waals surface area contributed by atoms with Gasteiger partial charge in [-0.3, -0.25) is 9.79 Å². The summed E-state index contributed by atoms with van der Waals surface area (Å²) >= 11 is 0. The van der Waals surface area contributed by atoms with Crippen molar-refractivity contribution in [2.75, 3.05) is 73.2 Å². The summed E-state index contributed by atoms with van der Waals surface area (Å²) < 4.78 is 70.8. The fraction of sp³-hybridized carbons (Fsp3) is 0.475. The van der Waals surface area contributed by atoms with Crippen LogP contribution in [0.2, 0.25) is 0 Å². The second kappa shape index (κ2) is 17.2. The summed E-state index contributed by atoms with van der Waals surface area (Å²) in [7, 11) is 3.14. The minimum absolute atomic E-state index is 0.00335. The maximum Gasteiger partial charge on any atom is 0.573 e. The van der Waals surface area contributed by atoms with Crippen molar-refractivity contribution in [2.45, 2.75) is 50.9 Å². The Morgan fingerprint density at radius 1 is 0.800 bits per heavy atom. The molecule has 0 N–H and O–H groups in total. The van der Waals surface area contributed by atoms with Crippen molar-refractivity contribution in [1.29, 1.82) is 0 Å².